The second-order valence-electron chi connectivity index (χ2n) is 5.23. The molecule has 0 aromatic carbocycles. The third-order valence-corrected chi connectivity index (χ3v) is 3.82. The molecule has 0 saturated carbocycles. The third kappa shape index (κ3) is 3.45. The van der Waals surface area contributed by atoms with Gasteiger partial charge in [0.15, 0.2) is 0 Å². The molecule has 0 spiro atoms. The van der Waals surface area contributed by atoms with Crippen LogP contribution in [0.1, 0.15) is 32.6 Å². The molecule has 3 amide bonds. The smallest absolute Gasteiger partial charge is 0.227 e. The molecule has 2 aliphatic rings. The molecule has 2 fully saturated rings. The van der Waals surface area contributed by atoms with Crippen molar-refractivity contribution in [3.05, 3.63) is 0 Å². The first-order valence-corrected chi connectivity index (χ1v) is 6.95. The van der Waals surface area contributed by atoms with E-state index in [4.69, 9.17) is 0 Å². The summed E-state index contributed by atoms with van der Waals surface area (Å²) in [6.45, 7) is 3.62. The highest BCUT2D eigenvalue weighted by atomic mass is 16.2. The summed E-state index contributed by atoms with van der Waals surface area (Å²) in [4.78, 5) is 36.4. The van der Waals surface area contributed by atoms with E-state index in [0.29, 0.717) is 32.5 Å². The molecule has 6 nitrogen and oxygen atoms in total. The molecule has 0 aliphatic carbocycles. The van der Waals surface area contributed by atoms with Crippen molar-refractivity contribution in [1.29, 1.82) is 0 Å². The number of nitrogens with one attached hydrogen (secondary N) is 2. The van der Waals surface area contributed by atoms with E-state index in [1.54, 1.807) is 0 Å². The Labute approximate surface area is 112 Å². The summed E-state index contributed by atoms with van der Waals surface area (Å²) < 4.78 is 0. The first-order chi connectivity index (χ1) is 9.10. The summed E-state index contributed by atoms with van der Waals surface area (Å²) in [7, 11) is 0. The van der Waals surface area contributed by atoms with Crippen molar-refractivity contribution in [2.24, 2.45) is 5.92 Å². The number of hydrogen-bond donors (Lipinski definition) is 2. The minimum atomic E-state index is -0.200. The molecule has 0 bridgehead atoms. The third-order valence-electron chi connectivity index (χ3n) is 3.82. The Morgan fingerprint density at radius 2 is 2.05 bits per heavy atom. The first kappa shape index (κ1) is 13.8. The Balaban J connectivity index is 1.78. The van der Waals surface area contributed by atoms with Crippen LogP contribution in [0.2, 0.25) is 0 Å². The first-order valence-electron chi connectivity index (χ1n) is 6.95. The molecule has 2 rings (SSSR count). The van der Waals surface area contributed by atoms with Crippen molar-refractivity contribution in [2.45, 2.75) is 38.6 Å². The largest absolute Gasteiger partial charge is 0.355 e. The molecule has 0 radical (unpaired) electrons. The van der Waals surface area contributed by atoms with Crippen LogP contribution in [-0.2, 0) is 14.4 Å². The van der Waals surface area contributed by atoms with Crippen LogP contribution < -0.4 is 10.6 Å². The van der Waals surface area contributed by atoms with E-state index < -0.39 is 0 Å². The molecule has 1 unspecified atom stereocenters. The second-order valence-corrected chi connectivity index (χ2v) is 5.23. The van der Waals surface area contributed by atoms with Gasteiger partial charge in [0.25, 0.3) is 0 Å². The Kier molecular flexibility index (Phi) is 4.39. The van der Waals surface area contributed by atoms with Gasteiger partial charge in [-0.05, 0) is 12.8 Å². The van der Waals surface area contributed by atoms with Crippen molar-refractivity contribution in [3.8, 4) is 0 Å². The maximum atomic E-state index is 12.2. The van der Waals surface area contributed by atoms with Crippen LogP contribution in [0.4, 0.5) is 0 Å². The fourth-order valence-corrected chi connectivity index (χ4v) is 2.61. The van der Waals surface area contributed by atoms with E-state index in [-0.39, 0.29) is 29.7 Å². The number of rotatable bonds is 3. The lowest BCUT2D eigenvalue weighted by atomic mass is 10.0. The molecule has 2 N–H and O–H groups in total. The van der Waals surface area contributed by atoms with Gasteiger partial charge < -0.3 is 15.5 Å². The molecule has 0 aromatic rings. The van der Waals surface area contributed by atoms with Crippen LogP contribution in [0.25, 0.3) is 0 Å². The fourth-order valence-electron chi connectivity index (χ4n) is 2.61. The lowest BCUT2D eigenvalue weighted by molar-refractivity contribution is -0.137. The van der Waals surface area contributed by atoms with E-state index >= 15 is 0 Å². The topological polar surface area (TPSA) is 78.5 Å². The van der Waals surface area contributed by atoms with Crippen LogP contribution in [0, 0.1) is 5.92 Å². The molecule has 19 heavy (non-hydrogen) atoms. The molecular weight excluding hydrogens is 246 g/mol. The van der Waals surface area contributed by atoms with Gasteiger partial charge in [-0.15, -0.1) is 0 Å². The molecule has 2 saturated heterocycles. The van der Waals surface area contributed by atoms with Gasteiger partial charge in [0.05, 0.1) is 5.92 Å². The number of nitrogens with zero attached hydrogens (tertiary/aromatic N) is 1. The quantitative estimate of drug-likeness (QED) is 0.733. The normalized spacial score (nSPS) is 24.2. The molecule has 1 atom stereocenters. The lowest BCUT2D eigenvalue weighted by Gasteiger charge is -2.33. The zero-order valence-corrected chi connectivity index (χ0v) is 11.3. The second kappa shape index (κ2) is 6.04. The average molecular weight is 267 g/mol. The average Bonchev–Trinajstić information content (AvgIpc) is 2.85. The molecule has 2 aliphatic heterocycles. The van der Waals surface area contributed by atoms with Gasteiger partial charge in [-0.2, -0.15) is 0 Å². The van der Waals surface area contributed by atoms with Crippen molar-refractivity contribution < 1.29 is 14.4 Å². The van der Waals surface area contributed by atoms with Gasteiger partial charge in [0.2, 0.25) is 17.7 Å². The van der Waals surface area contributed by atoms with E-state index in [1.807, 2.05) is 11.8 Å². The maximum absolute atomic E-state index is 12.2. The Morgan fingerprint density at radius 1 is 1.37 bits per heavy atom. The van der Waals surface area contributed by atoms with Gasteiger partial charge in [-0.3, -0.25) is 14.4 Å². The molecule has 2 heterocycles. The van der Waals surface area contributed by atoms with Gasteiger partial charge in [0.1, 0.15) is 0 Å². The summed E-state index contributed by atoms with van der Waals surface area (Å²) in [6.07, 6.45) is 2.40. The van der Waals surface area contributed by atoms with Crippen molar-refractivity contribution in [3.63, 3.8) is 0 Å². The van der Waals surface area contributed by atoms with Crippen LogP contribution in [0.3, 0.4) is 0 Å². The number of carbonyl (C=O) groups is 3. The van der Waals surface area contributed by atoms with E-state index in [9.17, 15) is 14.4 Å². The maximum Gasteiger partial charge on any atom is 0.227 e. The minimum Gasteiger partial charge on any atom is -0.355 e. The zero-order valence-electron chi connectivity index (χ0n) is 11.3. The Bertz CT molecular complexity index is 375. The van der Waals surface area contributed by atoms with Gasteiger partial charge in [0, 0.05) is 38.5 Å². The zero-order chi connectivity index (χ0) is 13.8. The van der Waals surface area contributed by atoms with E-state index in [1.165, 1.54) is 0 Å². The van der Waals surface area contributed by atoms with Crippen molar-refractivity contribution in [2.75, 3.05) is 19.6 Å². The highest BCUT2D eigenvalue weighted by Crippen LogP contribution is 2.17. The lowest BCUT2D eigenvalue weighted by Crippen LogP contribution is -2.48. The summed E-state index contributed by atoms with van der Waals surface area (Å²) in [6, 6.07) is 0.180. The highest BCUT2D eigenvalue weighted by molar-refractivity contribution is 5.89. The predicted octanol–water partition coefficient (Wildman–Crippen LogP) is -0.360. The molecule has 0 aromatic heterocycles. The summed E-state index contributed by atoms with van der Waals surface area (Å²) in [5, 5.41) is 5.65. The van der Waals surface area contributed by atoms with Crippen molar-refractivity contribution >= 4 is 17.7 Å². The van der Waals surface area contributed by atoms with Crippen LogP contribution in [-0.4, -0.2) is 48.3 Å². The number of carbonyl (C=O) groups excluding carboxylic acids is 3. The standard InChI is InChI=1S/C13H21N3O3/c1-2-11(17)15-10-3-5-16(6-4-10)13(19)9-7-12(18)14-8-9/h9-10H,2-8H2,1H3,(H,14,18)(H,15,17). The number of piperidine rings is 1. The Hall–Kier alpha value is -1.59. The predicted molar refractivity (Wildman–Crippen MR) is 69.2 cm³/mol. The molecule has 6 heteroatoms. The van der Waals surface area contributed by atoms with Crippen LogP contribution in [0.5, 0.6) is 0 Å². The van der Waals surface area contributed by atoms with Crippen LogP contribution >= 0.6 is 0 Å². The van der Waals surface area contributed by atoms with Crippen LogP contribution in [0.15, 0.2) is 0 Å². The molecule has 106 valence electrons. The Morgan fingerprint density at radius 3 is 2.58 bits per heavy atom. The van der Waals surface area contributed by atoms with E-state index in [0.717, 1.165) is 12.8 Å². The fraction of sp³-hybridized carbons (Fsp3) is 0.769. The van der Waals surface area contributed by atoms with Gasteiger partial charge in [-0.1, -0.05) is 6.92 Å². The monoisotopic (exact) mass is 267 g/mol. The summed E-state index contributed by atoms with van der Waals surface area (Å²) >= 11 is 0. The summed E-state index contributed by atoms with van der Waals surface area (Å²) in [5.74, 6) is -0.105. The van der Waals surface area contributed by atoms with E-state index in [2.05, 4.69) is 10.6 Å². The summed E-state index contributed by atoms with van der Waals surface area (Å²) in [5.41, 5.74) is 0. The highest BCUT2D eigenvalue weighted by Gasteiger charge is 2.33. The van der Waals surface area contributed by atoms with Gasteiger partial charge >= 0.3 is 0 Å². The van der Waals surface area contributed by atoms with Gasteiger partial charge in [-0.25, -0.2) is 0 Å². The number of amides is 3. The molecular formula is C13H21N3O3. The number of likely N-dealkylation sites (tertiary alicyclic amines) is 1. The number of hydrogen-bond acceptors (Lipinski definition) is 3. The minimum absolute atomic E-state index is 0.0385. The van der Waals surface area contributed by atoms with Crippen molar-refractivity contribution in [1.82, 2.24) is 15.5 Å². The SMILES string of the molecule is CCC(=O)NC1CCN(C(=O)C2CNC(=O)C2)CC1.